The number of carbonyl (C=O) groups is 2. The predicted molar refractivity (Wildman–Crippen MR) is 83.0 cm³/mol. The Labute approximate surface area is 130 Å². The fourth-order valence-corrected chi connectivity index (χ4v) is 2.64. The van der Waals surface area contributed by atoms with E-state index in [-0.39, 0.29) is 17.5 Å². The van der Waals surface area contributed by atoms with Crippen molar-refractivity contribution in [3.63, 3.8) is 0 Å². The minimum Gasteiger partial charge on any atom is -0.461 e. The number of ether oxygens (including phenoxy) is 1. The van der Waals surface area contributed by atoms with E-state index in [1.807, 2.05) is 39.0 Å². The average Bonchev–Trinajstić information content (AvgIpc) is 2.82. The van der Waals surface area contributed by atoms with Gasteiger partial charge in [0.1, 0.15) is 5.69 Å². The molecule has 0 saturated heterocycles. The van der Waals surface area contributed by atoms with Gasteiger partial charge in [-0.1, -0.05) is 0 Å². The zero-order valence-electron chi connectivity index (χ0n) is 13.8. The second-order valence-electron chi connectivity index (χ2n) is 5.88. The summed E-state index contributed by atoms with van der Waals surface area (Å²) in [5, 5.41) is 4.35. The van der Waals surface area contributed by atoms with Crippen LogP contribution in [0.2, 0.25) is 0 Å². The Kier molecular flexibility index (Phi) is 4.68. The Balaban J connectivity index is 2.54. The smallest absolute Gasteiger partial charge is 0.359 e. The third kappa shape index (κ3) is 2.91. The average molecular weight is 305 g/mol. The van der Waals surface area contributed by atoms with E-state index in [9.17, 15) is 9.59 Å². The van der Waals surface area contributed by atoms with Crippen LogP contribution in [0.3, 0.4) is 0 Å². The first-order valence-corrected chi connectivity index (χ1v) is 7.57. The van der Waals surface area contributed by atoms with Crippen LogP contribution in [-0.4, -0.2) is 47.1 Å². The number of hydrogen-bond acceptors (Lipinski definition) is 5. The van der Waals surface area contributed by atoms with Crippen molar-refractivity contribution in [3.8, 4) is 0 Å². The number of allylic oxidation sites excluding steroid dienone is 1. The van der Waals surface area contributed by atoms with Crippen LogP contribution in [0.15, 0.2) is 11.8 Å². The maximum atomic E-state index is 12.8. The fourth-order valence-electron chi connectivity index (χ4n) is 2.64. The Morgan fingerprint density at radius 2 is 2.09 bits per heavy atom. The van der Waals surface area contributed by atoms with E-state index in [1.165, 1.54) is 0 Å². The molecule has 0 amide bonds. The fraction of sp³-hybridized carbons (Fsp3) is 0.562. The summed E-state index contributed by atoms with van der Waals surface area (Å²) >= 11 is 0. The molecule has 0 aromatic carbocycles. The SMILES string of the molecule is CCOC(=O)c1nn(C(C)C)c2c1CC/C(=C/N(C)C)C2=O. The molecule has 0 unspecified atom stereocenters. The molecule has 22 heavy (non-hydrogen) atoms. The standard InChI is InChI=1S/C16H23N3O3/c1-6-22-16(21)13-12-8-7-11(9-18(4)5)15(20)14(12)19(17-13)10(2)3/h9-10H,6-8H2,1-5H3/b11-9-. The molecule has 0 spiro atoms. The van der Waals surface area contributed by atoms with Gasteiger partial charge >= 0.3 is 5.97 Å². The molecule has 2 rings (SSSR count). The maximum absolute atomic E-state index is 12.8. The Bertz CT molecular complexity index is 627. The second-order valence-corrected chi connectivity index (χ2v) is 5.88. The summed E-state index contributed by atoms with van der Waals surface area (Å²) in [6, 6.07) is -0.000386. The maximum Gasteiger partial charge on any atom is 0.359 e. The molecular weight excluding hydrogens is 282 g/mol. The zero-order chi connectivity index (χ0) is 16.4. The van der Waals surface area contributed by atoms with Crippen molar-refractivity contribution in [3.05, 3.63) is 28.7 Å². The Hall–Kier alpha value is -2.11. The van der Waals surface area contributed by atoms with Crippen molar-refractivity contribution >= 4 is 11.8 Å². The molecule has 6 nitrogen and oxygen atoms in total. The summed E-state index contributed by atoms with van der Waals surface area (Å²) < 4.78 is 6.71. The molecule has 1 aliphatic rings. The number of hydrogen-bond donors (Lipinski definition) is 0. The van der Waals surface area contributed by atoms with Crippen LogP contribution >= 0.6 is 0 Å². The van der Waals surface area contributed by atoms with E-state index < -0.39 is 5.97 Å². The number of nitrogens with zero attached hydrogens (tertiary/aromatic N) is 3. The van der Waals surface area contributed by atoms with Crippen molar-refractivity contribution in [2.24, 2.45) is 0 Å². The third-order valence-electron chi connectivity index (χ3n) is 3.53. The molecule has 6 heteroatoms. The lowest BCUT2D eigenvalue weighted by Crippen LogP contribution is -2.21. The lowest BCUT2D eigenvalue weighted by molar-refractivity contribution is 0.0517. The highest BCUT2D eigenvalue weighted by Gasteiger charge is 2.33. The lowest BCUT2D eigenvalue weighted by atomic mass is 9.90. The van der Waals surface area contributed by atoms with E-state index in [4.69, 9.17) is 4.74 Å². The Morgan fingerprint density at radius 1 is 1.41 bits per heavy atom. The summed E-state index contributed by atoms with van der Waals surface area (Å²) in [7, 11) is 3.78. The van der Waals surface area contributed by atoms with Gasteiger partial charge < -0.3 is 9.64 Å². The highest BCUT2D eigenvalue weighted by molar-refractivity contribution is 6.11. The number of fused-ring (bicyclic) bond motifs is 1. The molecule has 0 radical (unpaired) electrons. The quantitative estimate of drug-likeness (QED) is 0.630. The van der Waals surface area contributed by atoms with Gasteiger partial charge in [-0.15, -0.1) is 0 Å². The second kappa shape index (κ2) is 6.34. The van der Waals surface area contributed by atoms with Crippen molar-refractivity contribution in [2.75, 3.05) is 20.7 Å². The minimum atomic E-state index is -0.453. The zero-order valence-corrected chi connectivity index (χ0v) is 13.8. The van der Waals surface area contributed by atoms with Gasteiger partial charge in [0.2, 0.25) is 5.78 Å². The van der Waals surface area contributed by atoms with E-state index in [0.717, 1.165) is 5.57 Å². The first kappa shape index (κ1) is 16.3. The molecule has 0 atom stereocenters. The van der Waals surface area contributed by atoms with E-state index >= 15 is 0 Å². The van der Waals surface area contributed by atoms with E-state index in [2.05, 4.69) is 5.10 Å². The first-order chi connectivity index (χ1) is 10.4. The van der Waals surface area contributed by atoms with Gasteiger partial charge in [0.25, 0.3) is 0 Å². The molecule has 0 aliphatic heterocycles. The van der Waals surface area contributed by atoms with Crippen molar-refractivity contribution < 1.29 is 14.3 Å². The molecule has 0 bridgehead atoms. The van der Waals surface area contributed by atoms with Gasteiger partial charge in [0.15, 0.2) is 5.69 Å². The van der Waals surface area contributed by atoms with Gasteiger partial charge in [-0.05, 0) is 33.6 Å². The van der Waals surface area contributed by atoms with E-state index in [1.54, 1.807) is 11.6 Å². The van der Waals surface area contributed by atoms with Gasteiger partial charge in [0, 0.05) is 37.5 Å². The largest absolute Gasteiger partial charge is 0.461 e. The molecule has 0 saturated carbocycles. The van der Waals surface area contributed by atoms with Gasteiger partial charge in [-0.25, -0.2) is 4.79 Å². The molecule has 1 heterocycles. The van der Waals surface area contributed by atoms with Gasteiger partial charge in [0.05, 0.1) is 6.61 Å². The summed E-state index contributed by atoms with van der Waals surface area (Å²) in [5.74, 6) is -0.502. The van der Waals surface area contributed by atoms with Crippen LogP contribution in [0.25, 0.3) is 0 Å². The molecular formula is C16H23N3O3. The van der Waals surface area contributed by atoms with Crippen LogP contribution in [0.4, 0.5) is 0 Å². The van der Waals surface area contributed by atoms with Crippen LogP contribution < -0.4 is 0 Å². The molecule has 120 valence electrons. The van der Waals surface area contributed by atoms with Crippen LogP contribution in [-0.2, 0) is 11.2 Å². The molecule has 0 N–H and O–H groups in total. The lowest BCUT2D eigenvalue weighted by Gasteiger charge is -2.19. The molecule has 1 aromatic heterocycles. The summed E-state index contributed by atoms with van der Waals surface area (Å²) in [5.41, 5.74) is 2.27. The topological polar surface area (TPSA) is 64.4 Å². The van der Waals surface area contributed by atoms with Crippen LogP contribution in [0.1, 0.15) is 59.8 Å². The number of Topliss-reactive ketones (excluding diaryl/α,β-unsaturated/α-hetero) is 1. The highest BCUT2D eigenvalue weighted by Crippen LogP contribution is 2.30. The van der Waals surface area contributed by atoms with E-state index in [0.29, 0.717) is 30.7 Å². The minimum absolute atomic E-state index is 0.000386. The molecule has 1 aromatic rings. The first-order valence-electron chi connectivity index (χ1n) is 7.57. The van der Waals surface area contributed by atoms with Crippen LogP contribution in [0, 0.1) is 0 Å². The Morgan fingerprint density at radius 3 is 2.64 bits per heavy atom. The van der Waals surface area contributed by atoms with Crippen molar-refractivity contribution in [1.82, 2.24) is 14.7 Å². The number of aromatic nitrogens is 2. The number of carbonyl (C=O) groups excluding carboxylic acids is 2. The van der Waals surface area contributed by atoms with Crippen molar-refractivity contribution in [2.45, 2.75) is 39.7 Å². The third-order valence-corrected chi connectivity index (χ3v) is 3.53. The summed E-state index contributed by atoms with van der Waals surface area (Å²) in [6.45, 7) is 5.94. The summed E-state index contributed by atoms with van der Waals surface area (Å²) in [4.78, 5) is 26.7. The number of esters is 1. The van der Waals surface area contributed by atoms with Gasteiger partial charge in [-0.2, -0.15) is 5.10 Å². The molecule has 1 aliphatic carbocycles. The normalized spacial score (nSPS) is 16.1. The summed E-state index contributed by atoms with van der Waals surface area (Å²) in [6.07, 6.45) is 3.08. The number of ketones is 1. The predicted octanol–water partition coefficient (Wildman–Crippen LogP) is 2.22. The highest BCUT2D eigenvalue weighted by atomic mass is 16.5. The van der Waals surface area contributed by atoms with Gasteiger partial charge in [-0.3, -0.25) is 9.48 Å². The monoisotopic (exact) mass is 305 g/mol. The van der Waals surface area contributed by atoms with Crippen molar-refractivity contribution in [1.29, 1.82) is 0 Å². The number of rotatable bonds is 4. The van der Waals surface area contributed by atoms with Crippen LogP contribution in [0.5, 0.6) is 0 Å². The molecule has 0 fully saturated rings.